The summed E-state index contributed by atoms with van der Waals surface area (Å²) in [6.45, 7) is 8.13. The summed E-state index contributed by atoms with van der Waals surface area (Å²) >= 11 is 5.98. The number of nitrogens with one attached hydrogen (secondary N) is 1. The summed E-state index contributed by atoms with van der Waals surface area (Å²) in [6.07, 6.45) is 3.69. The van der Waals surface area contributed by atoms with Gasteiger partial charge in [-0.3, -0.25) is 0 Å². The molecule has 2 rings (SSSR count). The highest BCUT2D eigenvalue weighted by molar-refractivity contribution is 6.30. The minimum absolute atomic E-state index is 0.0610. The number of rotatable bonds is 7. The van der Waals surface area contributed by atoms with Crippen molar-refractivity contribution in [1.29, 1.82) is 0 Å². The molecular formula is C17H26ClNO. The van der Waals surface area contributed by atoms with Crippen LogP contribution in [0.1, 0.15) is 51.5 Å². The van der Waals surface area contributed by atoms with Gasteiger partial charge in [-0.15, -0.1) is 0 Å². The predicted octanol–water partition coefficient (Wildman–Crippen LogP) is 4.38. The van der Waals surface area contributed by atoms with Crippen molar-refractivity contribution in [3.8, 4) is 0 Å². The zero-order chi connectivity index (χ0) is 14.6. The molecule has 0 saturated heterocycles. The van der Waals surface area contributed by atoms with E-state index in [1.807, 2.05) is 12.1 Å². The first kappa shape index (κ1) is 15.8. The van der Waals surface area contributed by atoms with E-state index in [4.69, 9.17) is 16.3 Å². The number of benzene rings is 1. The maximum Gasteiger partial charge on any atom is 0.0598 e. The molecule has 0 heterocycles. The third-order valence-corrected chi connectivity index (χ3v) is 3.83. The van der Waals surface area contributed by atoms with Crippen molar-refractivity contribution in [1.82, 2.24) is 5.32 Å². The fraction of sp³-hybridized carbons (Fsp3) is 0.647. The number of hydrogen-bond donors (Lipinski definition) is 1. The molecule has 0 amide bonds. The van der Waals surface area contributed by atoms with Gasteiger partial charge in [-0.05, 0) is 63.6 Å². The van der Waals surface area contributed by atoms with Gasteiger partial charge in [0.25, 0.3) is 0 Å². The Balaban J connectivity index is 1.90. The average Bonchev–Trinajstić information content (AvgIpc) is 3.17. The summed E-state index contributed by atoms with van der Waals surface area (Å²) in [7, 11) is 0. The molecular weight excluding hydrogens is 270 g/mol. The standard InChI is InChI=1S/C17H26ClNO/c1-17(2,3)20-11-10-14(12-19-16-8-9-16)13-4-6-15(18)7-5-13/h4-7,14,16,19H,8-12H2,1-3H3. The Kier molecular flexibility index (Phi) is 5.48. The molecule has 0 aromatic heterocycles. The lowest BCUT2D eigenvalue weighted by Gasteiger charge is -2.23. The van der Waals surface area contributed by atoms with Crippen LogP contribution in [0.25, 0.3) is 0 Å². The highest BCUT2D eigenvalue weighted by Gasteiger charge is 2.22. The van der Waals surface area contributed by atoms with Crippen molar-refractivity contribution in [3.63, 3.8) is 0 Å². The van der Waals surface area contributed by atoms with Gasteiger partial charge in [0, 0.05) is 24.2 Å². The highest BCUT2D eigenvalue weighted by atomic mass is 35.5. The first-order chi connectivity index (χ1) is 9.44. The van der Waals surface area contributed by atoms with Gasteiger partial charge in [0.2, 0.25) is 0 Å². The molecule has 1 saturated carbocycles. The quantitative estimate of drug-likeness (QED) is 0.806. The molecule has 1 N–H and O–H groups in total. The van der Waals surface area contributed by atoms with Gasteiger partial charge in [0.05, 0.1) is 5.60 Å². The molecule has 1 aromatic rings. The van der Waals surface area contributed by atoms with Crippen LogP contribution < -0.4 is 5.32 Å². The maximum absolute atomic E-state index is 5.98. The van der Waals surface area contributed by atoms with E-state index in [1.54, 1.807) is 0 Å². The van der Waals surface area contributed by atoms with Gasteiger partial charge in [-0.1, -0.05) is 23.7 Å². The number of halogens is 1. The van der Waals surface area contributed by atoms with Crippen molar-refractivity contribution in [2.24, 2.45) is 0 Å². The lowest BCUT2D eigenvalue weighted by atomic mass is 9.96. The monoisotopic (exact) mass is 295 g/mol. The Hall–Kier alpha value is -0.570. The molecule has 20 heavy (non-hydrogen) atoms. The van der Waals surface area contributed by atoms with Crippen LogP contribution in [0.2, 0.25) is 5.02 Å². The van der Waals surface area contributed by atoms with E-state index in [9.17, 15) is 0 Å². The second-order valence-corrected chi connectivity index (χ2v) is 7.12. The van der Waals surface area contributed by atoms with Crippen molar-refractivity contribution < 1.29 is 4.74 Å². The van der Waals surface area contributed by atoms with Gasteiger partial charge in [-0.2, -0.15) is 0 Å². The summed E-state index contributed by atoms with van der Waals surface area (Å²) in [6, 6.07) is 8.97. The van der Waals surface area contributed by atoms with E-state index in [0.29, 0.717) is 5.92 Å². The first-order valence-corrected chi connectivity index (χ1v) is 7.95. The van der Waals surface area contributed by atoms with Crippen LogP contribution in [0.15, 0.2) is 24.3 Å². The van der Waals surface area contributed by atoms with Crippen LogP contribution in [0.3, 0.4) is 0 Å². The van der Waals surface area contributed by atoms with Gasteiger partial charge < -0.3 is 10.1 Å². The predicted molar refractivity (Wildman–Crippen MR) is 85.5 cm³/mol. The minimum atomic E-state index is -0.0610. The zero-order valence-electron chi connectivity index (χ0n) is 12.8. The number of hydrogen-bond acceptors (Lipinski definition) is 2. The van der Waals surface area contributed by atoms with Crippen LogP contribution >= 0.6 is 11.6 Å². The van der Waals surface area contributed by atoms with E-state index in [1.165, 1.54) is 18.4 Å². The van der Waals surface area contributed by atoms with E-state index in [0.717, 1.165) is 30.6 Å². The lowest BCUT2D eigenvalue weighted by molar-refractivity contribution is -0.00624. The summed E-state index contributed by atoms with van der Waals surface area (Å²) in [4.78, 5) is 0. The summed E-state index contributed by atoms with van der Waals surface area (Å²) in [5, 5.41) is 4.43. The molecule has 3 heteroatoms. The van der Waals surface area contributed by atoms with Gasteiger partial charge in [-0.25, -0.2) is 0 Å². The second kappa shape index (κ2) is 6.93. The smallest absolute Gasteiger partial charge is 0.0598 e. The molecule has 0 spiro atoms. The molecule has 1 aliphatic rings. The van der Waals surface area contributed by atoms with Crippen LogP contribution in [0.5, 0.6) is 0 Å². The maximum atomic E-state index is 5.98. The van der Waals surface area contributed by atoms with E-state index in [2.05, 4.69) is 38.2 Å². The summed E-state index contributed by atoms with van der Waals surface area (Å²) < 4.78 is 5.87. The fourth-order valence-corrected chi connectivity index (χ4v) is 2.35. The Morgan fingerprint density at radius 2 is 1.90 bits per heavy atom. The van der Waals surface area contributed by atoms with Crippen LogP contribution in [0, 0.1) is 0 Å². The van der Waals surface area contributed by atoms with Crippen molar-refractivity contribution in [3.05, 3.63) is 34.9 Å². The Morgan fingerprint density at radius 1 is 1.25 bits per heavy atom. The third-order valence-electron chi connectivity index (χ3n) is 3.57. The van der Waals surface area contributed by atoms with E-state index < -0.39 is 0 Å². The average molecular weight is 296 g/mol. The normalized spacial score (nSPS) is 17.2. The molecule has 0 bridgehead atoms. The van der Waals surface area contributed by atoms with Crippen LogP contribution in [-0.2, 0) is 4.74 Å². The third kappa shape index (κ3) is 5.82. The Bertz CT molecular complexity index is 406. The fourth-order valence-electron chi connectivity index (χ4n) is 2.23. The van der Waals surface area contributed by atoms with Crippen molar-refractivity contribution in [2.75, 3.05) is 13.2 Å². The van der Waals surface area contributed by atoms with Gasteiger partial charge in [0.15, 0.2) is 0 Å². The largest absolute Gasteiger partial charge is 0.376 e. The topological polar surface area (TPSA) is 21.3 Å². The Morgan fingerprint density at radius 3 is 2.45 bits per heavy atom. The van der Waals surface area contributed by atoms with Gasteiger partial charge in [0.1, 0.15) is 0 Å². The highest BCUT2D eigenvalue weighted by Crippen LogP contribution is 2.25. The molecule has 1 atom stereocenters. The summed E-state index contributed by atoms with van der Waals surface area (Å²) in [5.41, 5.74) is 1.29. The molecule has 1 aliphatic carbocycles. The van der Waals surface area contributed by atoms with Crippen molar-refractivity contribution in [2.45, 2.75) is 57.6 Å². The zero-order valence-corrected chi connectivity index (χ0v) is 13.5. The molecule has 2 nitrogen and oxygen atoms in total. The molecule has 112 valence electrons. The Labute approximate surface area is 127 Å². The molecule has 1 unspecified atom stereocenters. The first-order valence-electron chi connectivity index (χ1n) is 7.57. The van der Waals surface area contributed by atoms with E-state index >= 15 is 0 Å². The lowest BCUT2D eigenvalue weighted by Crippen LogP contribution is -2.26. The molecule has 1 fully saturated rings. The minimum Gasteiger partial charge on any atom is -0.376 e. The van der Waals surface area contributed by atoms with Gasteiger partial charge >= 0.3 is 0 Å². The second-order valence-electron chi connectivity index (χ2n) is 6.68. The molecule has 0 radical (unpaired) electrons. The van der Waals surface area contributed by atoms with E-state index in [-0.39, 0.29) is 5.60 Å². The molecule has 1 aromatic carbocycles. The van der Waals surface area contributed by atoms with Crippen LogP contribution in [-0.4, -0.2) is 24.8 Å². The summed E-state index contributed by atoms with van der Waals surface area (Å²) in [5.74, 6) is 0.496. The number of ether oxygens (including phenoxy) is 1. The SMILES string of the molecule is CC(C)(C)OCCC(CNC1CC1)c1ccc(Cl)cc1. The van der Waals surface area contributed by atoms with Crippen LogP contribution in [0.4, 0.5) is 0 Å². The molecule has 0 aliphatic heterocycles. The van der Waals surface area contributed by atoms with Crippen molar-refractivity contribution >= 4 is 11.6 Å².